The predicted octanol–water partition coefficient (Wildman–Crippen LogP) is 3.56. The molecule has 0 aliphatic heterocycles. The molecule has 0 saturated heterocycles. The lowest BCUT2D eigenvalue weighted by molar-refractivity contribution is 0.560. The Morgan fingerprint density at radius 3 is 2.60 bits per heavy atom. The molecule has 0 fully saturated rings. The molecule has 0 bridgehead atoms. The lowest BCUT2D eigenvalue weighted by atomic mass is 10.00. The first-order valence-corrected chi connectivity index (χ1v) is 7.79. The van der Waals surface area contributed by atoms with Crippen LogP contribution in [0.3, 0.4) is 0 Å². The first kappa shape index (κ1) is 15.3. The SMILES string of the molecule is CCc1cc(CC(NC)c2cc(C)cc(Br)c2)n(C)n1. The van der Waals surface area contributed by atoms with Crippen molar-refractivity contribution >= 4 is 15.9 Å². The summed E-state index contributed by atoms with van der Waals surface area (Å²) in [5.41, 5.74) is 4.99. The minimum Gasteiger partial charge on any atom is -0.313 e. The lowest BCUT2D eigenvalue weighted by Crippen LogP contribution is -2.20. The third-order valence-corrected chi connectivity index (χ3v) is 4.08. The number of hydrogen-bond donors (Lipinski definition) is 1. The first-order chi connectivity index (χ1) is 9.53. The number of hydrogen-bond acceptors (Lipinski definition) is 2. The molecule has 4 heteroatoms. The van der Waals surface area contributed by atoms with Crippen LogP contribution in [-0.4, -0.2) is 16.8 Å². The highest BCUT2D eigenvalue weighted by Crippen LogP contribution is 2.23. The number of likely N-dealkylation sites (N-methyl/N-ethyl adjacent to an activating group) is 1. The van der Waals surface area contributed by atoms with Gasteiger partial charge in [-0.05, 0) is 49.7 Å². The second-order valence-corrected chi connectivity index (χ2v) is 6.13. The topological polar surface area (TPSA) is 29.9 Å². The Morgan fingerprint density at radius 1 is 1.30 bits per heavy atom. The minimum atomic E-state index is 0.298. The largest absolute Gasteiger partial charge is 0.313 e. The van der Waals surface area contributed by atoms with Crippen LogP contribution >= 0.6 is 15.9 Å². The highest BCUT2D eigenvalue weighted by Gasteiger charge is 2.14. The molecule has 0 aliphatic carbocycles. The van der Waals surface area contributed by atoms with Crippen molar-refractivity contribution in [2.45, 2.75) is 32.7 Å². The molecule has 1 aromatic carbocycles. The number of nitrogens with one attached hydrogen (secondary N) is 1. The molecule has 1 N–H and O–H groups in total. The molecule has 0 radical (unpaired) electrons. The van der Waals surface area contributed by atoms with Crippen LogP contribution in [0.15, 0.2) is 28.7 Å². The zero-order valence-corrected chi connectivity index (χ0v) is 14.2. The minimum absolute atomic E-state index is 0.298. The van der Waals surface area contributed by atoms with Crippen LogP contribution in [0.4, 0.5) is 0 Å². The van der Waals surface area contributed by atoms with Gasteiger partial charge in [-0.15, -0.1) is 0 Å². The van der Waals surface area contributed by atoms with Crippen molar-refractivity contribution in [3.8, 4) is 0 Å². The van der Waals surface area contributed by atoms with Crippen LogP contribution in [0, 0.1) is 6.92 Å². The molecule has 0 spiro atoms. The van der Waals surface area contributed by atoms with Crippen LogP contribution < -0.4 is 5.32 Å². The van der Waals surface area contributed by atoms with Crippen LogP contribution in [0.2, 0.25) is 0 Å². The van der Waals surface area contributed by atoms with Gasteiger partial charge in [-0.3, -0.25) is 4.68 Å². The van der Waals surface area contributed by atoms with Gasteiger partial charge in [0.2, 0.25) is 0 Å². The monoisotopic (exact) mass is 335 g/mol. The molecule has 3 nitrogen and oxygen atoms in total. The molecule has 2 rings (SSSR count). The highest BCUT2D eigenvalue weighted by molar-refractivity contribution is 9.10. The number of nitrogens with zero attached hydrogens (tertiary/aromatic N) is 2. The summed E-state index contributed by atoms with van der Waals surface area (Å²) in [7, 11) is 4.03. The molecular formula is C16H22BrN3. The predicted molar refractivity (Wildman–Crippen MR) is 87.0 cm³/mol. The van der Waals surface area contributed by atoms with E-state index in [1.165, 1.54) is 16.8 Å². The van der Waals surface area contributed by atoms with Crippen molar-refractivity contribution in [3.63, 3.8) is 0 Å². The van der Waals surface area contributed by atoms with Gasteiger partial charge in [0.1, 0.15) is 0 Å². The molecule has 1 heterocycles. The van der Waals surface area contributed by atoms with Gasteiger partial charge in [-0.1, -0.05) is 28.9 Å². The van der Waals surface area contributed by atoms with E-state index >= 15 is 0 Å². The van der Waals surface area contributed by atoms with Crippen molar-refractivity contribution in [1.82, 2.24) is 15.1 Å². The summed E-state index contributed by atoms with van der Waals surface area (Å²) in [6.45, 7) is 4.26. The molecular weight excluding hydrogens is 314 g/mol. The third kappa shape index (κ3) is 3.49. The van der Waals surface area contributed by atoms with E-state index in [0.717, 1.165) is 23.0 Å². The third-order valence-electron chi connectivity index (χ3n) is 3.62. The Morgan fingerprint density at radius 2 is 2.05 bits per heavy atom. The fourth-order valence-electron chi connectivity index (χ4n) is 2.50. The summed E-state index contributed by atoms with van der Waals surface area (Å²) in [5, 5.41) is 7.94. The fraction of sp³-hybridized carbons (Fsp3) is 0.438. The standard InChI is InChI=1S/C16H22BrN3/c1-5-14-9-15(20(4)19-14)10-16(18-3)12-6-11(2)7-13(17)8-12/h6-9,16,18H,5,10H2,1-4H3. The Labute approximate surface area is 129 Å². The van der Waals surface area contributed by atoms with E-state index in [1.54, 1.807) is 0 Å². The van der Waals surface area contributed by atoms with Gasteiger partial charge in [0.25, 0.3) is 0 Å². The Hall–Kier alpha value is -1.13. The maximum atomic E-state index is 4.52. The fourth-order valence-corrected chi connectivity index (χ4v) is 3.12. The van der Waals surface area contributed by atoms with E-state index in [2.05, 4.69) is 64.5 Å². The quantitative estimate of drug-likeness (QED) is 0.905. The van der Waals surface area contributed by atoms with E-state index in [0.29, 0.717) is 6.04 Å². The van der Waals surface area contributed by atoms with Crippen molar-refractivity contribution in [2.75, 3.05) is 7.05 Å². The Kier molecular flexibility index (Phi) is 5.00. The molecule has 1 aromatic heterocycles. The van der Waals surface area contributed by atoms with Gasteiger partial charge in [0, 0.05) is 29.7 Å². The van der Waals surface area contributed by atoms with Crippen LogP contribution in [0.1, 0.15) is 35.5 Å². The van der Waals surface area contributed by atoms with E-state index in [1.807, 2.05) is 18.8 Å². The second kappa shape index (κ2) is 6.55. The van der Waals surface area contributed by atoms with Crippen LogP contribution in [-0.2, 0) is 19.9 Å². The summed E-state index contributed by atoms with van der Waals surface area (Å²) < 4.78 is 3.13. The average Bonchev–Trinajstić information content (AvgIpc) is 2.75. The first-order valence-electron chi connectivity index (χ1n) is 6.99. The molecule has 1 atom stereocenters. The summed E-state index contributed by atoms with van der Waals surface area (Å²) in [6, 6.07) is 9.06. The number of aromatic nitrogens is 2. The number of benzene rings is 1. The van der Waals surface area contributed by atoms with E-state index in [9.17, 15) is 0 Å². The summed E-state index contributed by atoms with van der Waals surface area (Å²) in [4.78, 5) is 0. The van der Waals surface area contributed by atoms with E-state index in [4.69, 9.17) is 0 Å². The molecule has 0 amide bonds. The van der Waals surface area contributed by atoms with Gasteiger partial charge < -0.3 is 5.32 Å². The van der Waals surface area contributed by atoms with Crippen molar-refractivity contribution in [1.29, 1.82) is 0 Å². The average molecular weight is 336 g/mol. The smallest absolute Gasteiger partial charge is 0.0624 e. The molecule has 0 aliphatic rings. The number of aryl methyl sites for hydroxylation is 3. The van der Waals surface area contributed by atoms with Gasteiger partial charge in [0.15, 0.2) is 0 Å². The molecule has 1 unspecified atom stereocenters. The molecule has 20 heavy (non-hydrogen) atoms. The molecule has 2 aromatic rings. The van der Waals surface area contributed by atoms with Crippen LogP contribution in [0.5, 0.6) is 0 Å². The Bertz CT molecular complexity index is 569. The highest BCUT2D eigenvalue weighted by atomic mass is 79.9. The number of halogens is 1. The van der Waals surface area contributed by atoms with Crippen molar-refractivity contribution < 1.29 is 0 Å². The maximum absolute atomic E-state index is 4.52. The lowest BCUT2D eigenvalue weighted by Gasteiger charge is -2.17. The number of rotatable bonds is 5. The maximum Gasteiger partial charge on any atom is 0.0624 e. The molecule has 0 saturated carbocycles. The van der Waals surface area contributed by atoms with Gasteiger partial charge >= 0.3 is 0 Å². The summed E-state index contributed by atoms with van der Waals surface area (Å²) in [5.74, 6) is 0. The zero-order valence-electron chi connectivity index (χ0n) is 12.6. The van der Waals surface area contributed by atoms with E-state index in [-0.39, 0.29) is 0 Å². The van der Waals surface area contributed by atoms with Gasteiger partial charge in [0.05, 0.1) is 5.69 Å². The summed E-state index contributed by atoms with van der Waals surface area (Å²) in [6.07, 6.45) is 1.92. The second-order valence-electron chi connectivity index (χ2n) is 5.21. The van der Waals surface area contributed by atoms with E-state index < -0.39 is 0 Å². The van der Waals surface area contributed by atoms with Gasteiger partial charge in [-0.25, -0.2) is 0 Å². The van der Waals surface area contributed by atoms with Gasteiger partial charge in [-0.2, -0.15) is 5.10 Å². The Balaban J connectivity index is 2.25. The van der Waals surface area contributed by atoms with Crippen molar-refractivity contribution in [2.24, 2.45) is 7.05 Å². The molecule has 108 valence electrons. The zero-order chi connectivity index (χ0) is 14.7. The summed E-state index contributed by atoms with van der Waals surface area (Å²) >= 11 is 3.58. The van der Waals surface area contributed by atoms with Crippen molar-refractivity contribution in [3.05, 3.63) is 51.3 Å². The normalized spacial score (nSPS) is 12.7. The van der Waals surface area contributed by atoms with Crippen LogP contribution in [0.25, 0.3) is 0 Å².